The number of aliphatic hydroxyl groups excluding tert-OH is 1. The Bertz CT molecular complexity index is 721. The molecule has 0 spiro atoms. The maximum atomic E-state index is 10.7. The summed E-state index contributed by atoms with van der Waals surface area (Å²) in [5, 5.41) is 14.1. The lowest BCUT2D eigenvalue weighted by molar-refractivity contribution is 0.104. The summed E-state index contributed by atoms with van der Waals surface area (Å²) in [7, 11) is 0. The first-order valence-electron chi connectivity index (χ1n) is 7.90. The van der Waals surface area contributed by atoms with Crippen molar-refractivity contribution in [3.8, 4) is 0 Å². The van der Waals surface area contributed by atoms with Gasteiger partial charge in [0.2, 0.25) is 5.78 Å². The third kappa shape index (κ3) is 3.57. The van der Waals surface area contributed by atoms with Crippen LogP contribution >= 0.6 is 0 Å². The van der Waals surface area contributed by atoms with Gasteiger partial charge in [-0.2, -0.15) is 0 Å². The van der Waals surface area contributed by atoms with Crippen LogP contribution in [0.2, 0.25) is 0 Å². The van der Waals surface area contributed by atoms with E-state index < -0.39 is 6.10 Å². The molecule has 0 saturated heterocycles. The van der Waals surface area contributed by atoms with Gasteiger partial charge in [-0.15, -0.1) is 0 Å². The Morgan fingerprint density at radius 2 is 1.96 bits per heavy atom. The maximum absolute atomic E-state index is 10.7. The minimum absolute atomic E-state index is 0.0461. The molecule has 2 heterocycles. The molecule has 3 rings (SSSR count). The van der Waals surface area contributed by atoms with Gasteiger partial charge in [-0.25, -0.2) is 9.97 Å². The third-order valence-electron chi connectivity index (χ3n) is 4.00. The second-order valence-electron chi connectivity index (χ2n) is 6.07. The van der Waals surface area contributed by atoms with Gasteiger partial charge in [0.05, 0.1) is 11.8 Å². The van der Waals surface area contributed by atoms with E-state index in [1.807, 2.05) is 53.2 Å². The molecule has 5 nitrogen and oxygen atoms in total. The molecular formula is C18H22N4O. The predicted molar refractivity (Wildman–Crippen MR) is 89.9 cm³/mol. The molecule has 0 saturated carbocycles. The van der Waals surface area contributed by atoms with E-state index in [9.17, 15) is 5.11 Å². The number of aromatic nitrogens is 3. The first-order chi connectivity index (χ1) is 11.1. The first kappa shape index (κ1) is 15.6. The Hall–Kier alpha value is -2.24. The van der Waals surface area contributed by atoms with Crippen molar-refractivity contribution >= 4 is 5.78 Å². The second-order valence-corrected chi connectivity index (χ2v) is 6.07. The van der Waals surface area contributed by atoms with Gasteiger partial charge in [0.1, 0.15) is 0 Å². The molecule has 0 fully saturated rings. The number of aliphatic hydroxyl groups is 1. The van der Waals surface area contributed by atoms with E-state index in [1.54, 1.807) is 6.20 Å². The molecule has 0 unspecified atom stereocenters. The van der Waals surface area contributed by atoms with E-state index in [1.165, 1.54) is 0 Å². The Morgan fingerprint density at radius 3 is 2.65 bits per heavy atom. The highest BCUT2D eigenvalue weighted by atomic mass is 16.3. The van der Waals surface area contributed by atoms with Gasteiger partial charge in [-0.3, -0.25) is 4.40 Å². The lowest BCUT2D eigenvalue weighted by Crippen LogP contribution is -2.39. The van der Waals surface area contributed by atoms with E-state index in [0.717, 1.165) is 11.3 Å². The third-order valence-corrected chi connectivity index (χ3v) is 4.00. The summed E-state index contributed by atoms with van der Waals surface area (Å²) < 4.78 is 1.90. The summed E-state index contributed by atoms with van der Waals surface area (Å²) in [6.07, 6.45) is 5.07. The number of hydrogen-bond donors (Lipinski definition) is 2. The highest BCUT2D eigenvalue weighted by Gasteiger charge is 2.23. The van der Waals surface area contributed by atoms with Crippen molar-refractivity contribution in [2.24, 2.45) is 5.92 Å². The predicted octanol–water partition coefficient (Wildman–Crippen LogP) is 2.58. The van der Waals surface area contributed by atoms with Gasteiger partial charge in [0.15, 0.2) is 0 Å². The van der Waals surface area contributed by atoms with Crippen LogP contribution in [0.4, 0.5) is 0 Å². The standard InChI is InChI=1S/C18H22N4O/c1-13(2)16(17(23)14-7-4-3-5-8-14)20-11-15-12-22-10-6-9-19-18(22)21-15/h3-10,12-13,16-17,20,23H,11H2,1-2H3/t16-,17+/m1/s1. The molecule has 23 heavy (non-hydrogen) atoms. The van der Waals surface area contributed by atoms with Gasteiger partial charge in [0.25, 0.3) is 0 Å². The number of nitrogens with one attached hydrogen (secondary N) is 1. The average molecular weight is 310 g/mol. The number of benzene rings is 1. The Labute approximate surface area is 136 Å². The largest absolute Gasteiger partial charge is 0.387 e. The second kappa shape index (κ2) is 6.89. The highest BCUT2D eigenvalue weighted by molar-refractivity contribution is 5.29. The molecular weight excluding hydrogens is 288 g/mol. The van der Waals surface area contributed by atoms with Crippen LogP contribution in [0.5, 0.6) is 0 Å². The summed E-state index contributed by atoms with van der Waals surface area (Å²) in [6.45, 7) is 4.81. The normalized spacial score (nSPS) is 14.3. The number of nitrogens with zero attached hydrogens (tertiary/aromatic N) is 3. The zero-order valence-corrected chi connectivity index (χ0v) is 13.4. The number of hydrogen-bond acceptors (Lipinski definition) is 4. The van der Waals surface area contributed by atoms with Crippen molar-refractivity contribution in [2.75, 3.05) is 0 Å². The van der Waals surface area contributed by atoms with Crippen LogP contribution in [0.1, 0.15) is 31.2 Å². The van der Waals surface area contributed by atoms with E-state index >= 15 is 0 Å². The molecule has 0 aliphatic carbocycles. The monoisotopic (exact) mass is 310 g/mol. The highest BCUT2D eigenvalue weighted by Crippen LogP contribution is 2.22. The molecule has 2 atom stereocenters. The molecule has 0 radical (unpaired) electrons. The minimum atomic E-state index is -0.550. The van der Waals surface area contributed by atoms with Crippen LogP contribution in [0.25, 0.3) is 5.78 Å². The lowest BCUT2D eigenvalue weighted by Gasteiger charge is -2.27. The van der Waals surface area contributed by atoms with Crippen LogP contribution in [0.15, 0.2) is 55.0 Å². The molecule has 2 N–H and O–H groups in total. The SMILES string of the molecule is CC(C)[C@@H](NCc1cn2cccnc2n1)[C@@H](O)c1ccccc1. The van der Waals surface area contributed by atoms with Crippen LogP contribution in [-0.2, 0) is 6.54 Å². The maximum Gasteiger partial charge on any atom is 0.233 e. The zero-order valence-electron chi connectivity index (χ0n) is 13.4. The zero-order chi connectivity index (χ0) is 16.2. The Kier molecular flexibility index (Phi) is 4.69. The van der Waals surface area contributed by atoms with Gasteiger partial charge in [-0.1, -0.05) is 44.2 Å². The summed E-state index contributed by atoms with van der Waals surface area (Å²) >= 11 is 0. The summed E-state index contributed by atoms with van der Waals surface area (Å²) in [4.78, 5) is 8.71. The molecule has 0 aliphatic heterocycles. The summed E-state index contributed by atoms with van der Waals surface area (Å²) in [6, 6.07) is 11.6. The fourth-order valence-electron chi connectivity index (χ4n) is 2.76. The molecule has 0 bridgehead atoms. The Morgan fingerprint density at radius 1 is 1.17 bits per heavy atom. The number of rotatable bonds is 6. The van der Waals surface area contributed by atoms with Crippen molar-refractivity contribution in [2.45, 2.75) is 32.5 Å². The van der Waals surface area contributed by atoms with Gasteiger partial charge in [-0.05, 0) is 17.5 Å². The molecule has 3 aromatic rings. The van der Waals surface area contributed by atoms with E-state index in [2.05, 4.69) is 29.1 Å². The molecule has 5 heteroatoms. The summed E-state index contributed by atoms with van der Waals surface area (Å²) in [5.74, 6) is 0.981. The molecule has 0 amide bonds. The van der Waals surface area contributed by atoms with Crippen molar-refractivity contribution < 1.29 is 5.11 Å². The number of fused-ring (bicyclic) bond motifs is 1. The minimum Gasteiger partial charge on any atom is -0.387 e. The fourth-order valence-corrected chi connectivity index (χ4v) is 2.76. The van der Waals surface area contributed by atoms with Gasteiger partial charge < -0.3 is 10.4 Å². The van der Waals surface area contributed by atoms with E-state index in [-0.39, 0.29) is 6.04 Å². The van der Waals surface area contributed by atoms with E-state index in [4.69, 9.17) is 0 Å². The Balaban J connectivity index is 1.72. The summed E-state index contributed by atoms with van der Waals surface area (Å²) in [5.41, 5.74) is 1.84. The van der Waals surface area contributed by atoms with Crippen LogP contribution < -0.4 is 5.32 Å². The molecule has 2 aromatic heterocycles. The lowest BCUT2D eigenvalue weighted by atomic mass is 9.93. The number of imidazole rings is 1. The first-order valence-corrected chi connectivity index (χ1v) is 7.90. The van der Waals surface area contributed by atoms with Crippen molar-refractivity contribution in [1.82, 2.24) is 19.7 Å². The van der Waals surface area contributed by atoms with E-state index in [0.29, 0.717) is 18.2 Å². The van der Waals surface area contributed by atoms with Crippen molar-refractivity contribution in [1.29, 1.82) is 0 Å². The molecule has 120 valence electrons. The van der Waals surface area contributed by atoms with Crippen molar-refractivity contribution in [3.05, 3.63) is 66.2 Å². The van der Waals surface area contributed by atoms with Gasteiger partial charge >= 0.3 is 0 Å². The average Bonchev–Trinajstić information content (AvgIpc) is 2.98. The molecule has 0 aliphatic rings. The van der Waals surface area contributed by atoms with Crippen LogP contribution in [-0.4, -0.2) is 25.5 Å². The topological polar surface area (TPSA) is 62.5 Å². The fraction of sp³-hybridized carbons (Fsp3) is 0.333. The van der Waals surface area contributed by atoms with Crippen LogP contribution in [0, 0.1) is 5.92 Å². The smallest absolute Gasteiger partial charge is 0.233 e. The molecule has 1 aromatic carbocycles. The van der Waals surface area contributed by atoms with Crippen LogP contribution in [0.3, 0.4) is 0 Å². The van der Waals surface area contributed by atoms with Gasteiger partial charge in [0, 0.05) is 31.2 Å². The van der Waals surface area contributed by atoms with Crippen molar-refractivity contribution in [3.63, 3.8) is 0 Å². The quantitative estimate of drug-likeness (QED) is 0.734.